The van der Waals surface area contributed by atoms with Crippen molar-refractivity contribution in [3.8, 4) is 11.3 Å². The normalized spacial score (nSPS) is 23.9. The van der Waals surface area contributed by atoms with E-state index in [-0.39, 0.29) is 6.04 Å². The summed E-state index contributed by atoms with van der Waals surface area (Å²) >= 11 is 0. The molecule has 8 heteroatoms. The molecule has 0 bridgehead atoms. The zero-order valence-electron chi connectivity index (χ0n) is 18.1. The van der Waals surface area contributed by atoms with Crippen LogP contribution in [-0.4, -0.2) is 50.4 Å². The summed E-state index contributed by atoms with van der Waals surface area (Å²) in [4.78, 5) is 23.8. The lowest BCUT2D eigenvalue weighted by Gasteiger charge is -2.24. The minimum atomic E-state index is -3.00. The average molecular weight is 437 g/mol. The van der Waals surface area contributed by atoms with E-state index in [4.69, 9.17) is 0 Å². The molecule has 2 atom stereocenters. The number of carbonyl (C=O) groups is 1. The molecule has 6 nitrogen and oxygen atoms in total. The van der Waals surface area contributed by atoms with Gasteiger partial charge in [0.2, 0.25) is 5.91 Å². The smallest absolute Gasteiger partial charge is 0.268 e. The highest BCUT2D eigenvalue weighted by Gasteiger charge is 2.77. The third-order valence-electron chi connectivity index (χ3n) is 6.51. The fourth-order valence-corrected chi connectivity index (χ4v) is 4.69. The standard InChI is InChI=1S/C24H25F2N5O/c1-16-19(20-13-30(2)15-27-20)8-9-21(28-16)29-18-10-11-31(12-18)22(32)23(14-24(23,25)26)17-6-4-3-5-7-17/h3-9,13,15,18H,10-12,14H2,1-2H3,(H,28,29)/t18-,23?/m0/s1. The van der Waals surface area contributed by atoms with Crippen molar-refractivity contribution in [3.05, 3.63) is 66.2 Å². The van der Waals surface area contributed by atoms with Gasteiger partial charge in [-0.1, -0.05) is 30.3 Å². The van der Waals surface area contributed by atoms with E-state index in [1.807, 2.05) is 36.9 Å². The molecule has 32 heavy (non-hydrogen) atoms. The quantitative estimate of drug-likeness (QED) is 0.660. The van der Waals surface area contributed by atoms with Gasteiger partial charge in [-0.2, -0.15) is 0 Å². The second-order valence-electron chi connectivity index (χ2n) is 8.79. The van der Waals surface area contributed by atoms with Gasteiger partial charge in [0, 0.05) is 50.1 Å². The third kappa shape index (κ3) is 3.34. The first-order chi connectivity index (χ1) is 15.3. The molecule has 2 aliphatic rings. The Kier molecular flexibility index (Phi) is 4.76. The number of carbonyl (C=O) groups excluding carboxylic acids is 1. The van der Waals surface area contributed by atoms with Gasteiger partial charge in [0.15, 0.2) is 0 Å². The summed E-state index contributed by atoms with van der Waals surface area (Å²) in [5.41, 5.74) is 1.34. The Hall–Kier alpha value is -3.29. The first-order valence-corrected chi connectivity index (χ1v) is 10.8. The number of amides is 1. The maximum absolute atomic E-state index is 14.4. The lowest BCUT2D eigenvalue weighted by Crippen LogP contribution is -2.42. The number of imidazole rings is 1. The van der Waals surface area contributed by atoms with E-state index in [1.54, 1.807) is 41.6 Å². The number of aromatic nitrogens is 3. The van der Waals surface area contributed by atoms with Crippen molar-refractivity contribution in [1.29, 1.82) is 0 Å². The van der Waals surface area contributed by atoms with Crippen LogP contribution in [0.4, 0.5) is 14.6 Å². The number of nitrogens with one attached hydrogen (secondary N) is 1. The number of pyridine rings is 1. The number of likely N-dealkylation sites (tertiary alicyclic amines) is 1. The van der Waals surface area contributed by atoms with Crippen LogP contribution in [0, 0.1) is 6.92 Å². The molecule has 0 spiro atoms. The summed E-state index contributed by atoms with van der Waals surface area (Å²) in [7, 11) is 1.92. The lowest BCUT2D eigenvalue weighted by atomic mass is 9.93. The zero-order valence-corrected chi connectivity index (χ0v) is 18.1. The number of rotatable bonds is 5. The summed E-state index contributed by atoms with van der Waals surface area (Å²) < 4.78 is 30.7. The monoisotopic (exact) mass is 437 g/mol. The SMILES string of the molecule is Cc1nc(N[C@H]2CCN(C(=O)C3(c4ccccc4)CC3(F)F)C2)ccc1-c1cn(C)cn1. The molecule has 3 aromatic rings. The Morgan fingerprint density at radius 3 is 2.56 bits per heavy atom. The van der Waals surface area contributed by atoms with Gasteiger partial charge in [0.1, 0.15) is 11.2 Å². The fraction of sp³-hybridized carbons (Fsp3) is 0.375. The van der Waals surface area contributed by atoms with Crippen LogP contribution in [0.2, 0.25) is 0 Å². The summed E-state index contributed by atoms with van der Waals surface area (Å²) in [6.45, 7) is 2.76. The molecule has 1 saturated heterocycles. The molecule has 1 aromatic carbocycles. The summed E-state index contributed by atoms with van der Waals surface area (Å²) in [6.07, 6.45) is 3.95. The Balaban J connectivity index is 1.28. The van der Waals surface area contributed by atoms with E-state index in [2.05, 4.69) is 15.3 Å². The molecule has 1 amide bonds. The number of nitrogens with zero attached hydrogens (tertiary/aromatic N) is 4. The van der Waals surface area contributed by atoms with E-state index in [9.17, 15) is 13.6 Å². The van der Waals surface area contributed by atoms with E-state index in [1.165, 1.54) is 0 Å². The Bertz CT molecular complexity index is 1160. The molecule has 1 aliphatic carbocycles. The van der Waals surface area contributed by atoms with Crippen LogP contribution < -0.4 is 5.32 Å². The van der Waals surface area contributed by atoms with Crippen molar-refractivity contribution in [3.63, 3.8) is 0 Å². The maximum atomic E-state index is 14.4. The number of halogens is 2. The largest absolute Gasteiger partial charge is 0.365 e. The van der Waals surface area contributed by atoms with Crippen molar-refractivity contribution in [2.45, 2.75) is 37.1 Å². The second kappa shape index (κ2) is 7.39. The molecule has 1 saturated carbocycles. The van der Waals surface area contributed by atoms with Gasteiger partial charge in [0.05, 0.1) is 12.0 Å². The van der Waals surface area contributed by atoms with Gasteiger partial charge < -0.3 is 14.8 Å². The Morgan fingerprint density at radius 1 is 1.19 bits per heavy atom. The highest BCUT2D eigenvalue weighted by Crippen LogP contribution is 2.62. The zero-order chi connectivity index (χ0) is 22.5. The van der Waals surface area contributed by atoms with Crippen LogP contribution in [0.25, 0.3) is 11.3 Å². The van der Waals surface area contributed by atoms with Gasteiger partial charge in [-0.05, 0) is 31.0 Å². The molecule has 1 aliphatic heterocycles. The topological polar surface area (TPSA) is 63.1 Å². The van der Waals surface area contributed by atoms with E-state index >= 15 is 0 Å². The second-order valence-corrected chi connectivity index (χ2v) is 8.79. The van der Waals surface area contributed by atoms with E-state index in [0.29, 0.717) is 30.9 Å². The minimum Gasteiger partial charge on any atom is -0.365 e. The van der Waals surface area contributed by atoms with Crippen LogP contribution in [0.5, 0.6) is 0 Å². The van der Waals surface area contributed by atoms with Crippen LogP contribution in [-0.2, 0) is 17.3 Å². The van der Waals surface area contributed by atoms with Gasteiger partial charge in [0.25, 0.3) is 5.92 Å². The van der Waals surface area contributed by atoms with Crippen molar-refractivity contribution in [2.24, 2.45) is 7.05 Å². The van der Waals surface area contributed by atoms with Gasteiger partial charge >= 0.3 is 0 Å². The number of anilines is 1. The highest BCUT2D eigenvalue weighted by atomic mass is 19.3. The van der Waals surface area contributed by atoms with Crippen molar-refractivity contribution >= 4 is 11.7 Å². The van der Waals surface area contributed by atoms with Crippen LogP contribution in [0.1, 0.15) is 24.1 Å². The molecule has 1 unspecified atom stereocenters. The molecule has 2 aromatic heterocycles. The van der Waals surface area contributed by atoms with Crippen molar-refractivity contribution in [2.75, 3.05) is 18.4 Å². The number of benzene rings is 1. The fourth-order valence-electron chi connectivity index (χ4n) is 4.69. The molecule has 5 rings (SSSR count). The van der Waals surface area contributed by atoms with Crippen molar-refractivity contribution < 1.29 is 13.6 Å². The summed E-state index contributed by atoms with van der Waals surface area (Å²) in [5, 5.41) is 3.36. The number of alkyl halides is 2. The minimum absolute atomic E-state index is 0.0354. The van der Waals surface area contributed by atoms with Crippen LogP contribution >= 0.6 is 0 Å². The number of hydrogen-bond donors (Lipinski definition) is 1. The molecular weight excluding hydrogens is 412 g/mol. The molecule has 1 N–H and O–H groups in total. The number of aryl methyl sites for hydroxylation is 2. The summed E-state index contributed by atoms with van der Waals surface area (Å²) in [5.74, 6) is -2.78. The summed E-state index contributed by atoms with van der Waals surface area (Å²) in [6, 6.07) is 12.3. The average Bonchev–Trinajstić information content (AvgIpc) is 3.11. The predicted molar refractivity (Wildman–Crippen MR) is 117 cm³/mol. The van der Waals surface area contributed by atoms with Crippen molar-refractivity contribution in [1.82, 2.24) is 19.4 Å². The van der Waals surface area contributed by atoms with Gasteiger partial charge in [-0.3, -0.25) is 4.79 Å². The molecule has 2 fully saturated rings. The molecule has 0 radical (unpaired) electrons. The van der Waals surface area contributed by atoms with Crippen LogP contribution in [0.3, 0.4) is 0 Å². The Morgan fingerprint density at radius 2 is 1.94 bits per heavy atom. The molecular formula is C24H25F2N5O. The van der Waals surface area contributed by atoms with Gasteiger partial charge in [-0.25, -0.2) is 18.7 Å². The van der Waals surface area contributed by atoms with E-state index in [0.717, 1.165) is 17.0 Å². The molecule has 166 valence electrons. The molecule has 3 heterocycles. The number of hydrogen-bond acceptors (Lipinski definition) is 4. The first kappa shape index (κ1) is 20.6. The third-order valence-corrected chi connectivity index (χ3v) is 6.51. The predicted octanol–water partition coefficient (Wildman–Crippen LogP) is 3.78. The highest BCUT2D eigenvalue weighted by molar-refractivity contribution is 5.94. The van der Waals surface area contributed by atoms with Crippen LogP contribution in [0.15, 0.2) is 55.0 Å². The Labute approximate surface area is 185 Å². The lowest BCUT2D eigenvalue weighted by molar-refractivity contribution is -0.135. The first-order valence-electron chi connectivity index (χ1n) is 10.8. The maximum Gasteiger partial charge on any atom is 0.268 e. The van der Waals surface area contributed by atoms with Gasteiger partial charge in [-0.15, -0.1) is 0 Å². The van der Waals surface area contributed by atoms with E-state index < -0.39 is 23.7 Å².